The molecule has 0 spiro atoms. The van der Waals surface area contributed by atoms with Crippen molar-refractivity contribution in [3.63, 3.8) is 0 Å². The molecule has 0 bridgehead atoms. The highest BCUT2D eigenvalue weighted by Gasteiger charge is 2.42. The molecule has 148 valence electrons. The first kappa shape index (κ1) is 19.0. The fourth-order valence-electron chi connectivity index (χ4n) is 4.03. The maximum Gasteiger partial charge on any atom is 0.268 e. The molecule has 0 fully saturated rings. The average molecular weight is 392 g/mol. The second-order valence-electron chi connectivity index (χ2n) is 8.08. The zero-order valence-corrected chi connectivity index (χ0v) is 16.6. The molecule has 0 saturated heterocycles. The normalized spacial score (nSPS) is 15.9. The van der Waals surface area contributed by atoms with E-state index in [0.29, 0.717) is 10.3 Å². The first-order chi connectivity index (χ1) is 13.6. The minimum absolute atomic E-state index is 0.0166. The van der Waals surface area contributed by atoms with E-state index >= 15 is 0 Å². The van der Waals surface area contributed by atoms with Gasteiger partial charge in [-0.2, -0.15) is 0 Å². The van der Waals surface area contributed by atoms with Crippen molar-refractivity contribution in [1.82, 2.24) is 9.80 Å². The zero-order chi connectivity index (χ0) is 21.2. The van der Waals surface area contributed by atoms with Crippen LogP contribution in [0.25, 0.3) is 10.8 Å². The van der Waals surface area contributed by atoms with E-state index < -0.39 is 29.5 Å². The van der Waals surface area contributed by atoms with Crippen LogP contribution in [-0.2, 0) is 4.79 Å². The summed E-state index contributed by atoms with van der Waals surface area (Å²) >= 11 is 0. The molecule has 7 heteroatoms. The van der Waals surface area contributed by atoms with Crippen molar-refractivity contribution in [2.75, 3.05) is 0 Å². The van der Waals surface area contributed by atoms with Gasteiger partial charge in [0, 0.05) is 45.5 Å². The Labute approximate surface area is 167 Å². The van der Waals surface area contributed by atoms with Gasteiger partial charge in [0.15, 0.2) is 0 Å². The Balaban J connectivity index is 1.97. The van der Waals surface area contributed by atoms with Crippen molar-refractivity contribution in [3.05, 3.63) is 46.5 Å². The van der Waals surface area contributed by atoms with Crippen molar-refractivity contribution in [2.45, 2.75) is 40.2 Å². The van der Waals surface area contributed by atoms with Crippen LogP contribution >= 0.6 is 0 Å². The molecule has 0 unspecified atom stereocenters. The monoisotopic (exact) mass is 392 g/mol. The first-order valence-corrected chi connectivity index (χ1v) is 9.54. The Hall–Kier alpha value is -3.35. The molecule has 2 aromatic rings. The molecule has 2 heterocycles. The number of nitrogens with zero attached hydrogens (tertiary/aromatic N) is 2. The van der Waals surface area contributed by atoms with Crippen molar-refractivity contribution in [1.29, 1.82) is 0 Å². The molecule has 2 aliphatic heterocycles. The minimum Gasteiger partial charge on any atom is -0.274 e. The van der Waals surface area contributed by atoms with E-state index in [4.69, 9.17) is 0 Å². The van der Waals surface area contributed by atoms with Crippen LogP contribution in [0.15, 0.2) is 24.3 Å². The van der Waals surface area contributed by atoms with Crippen LogP contribution in [0.4, 0.5) is 0 Å². The van der Waals surface area contributed by atoms with Crippen LogP contribution in [0.2, 0.25) is 0 Å². The predicted molar refractivity (Wildman–Crippen MR) is 105 cm³/mol. The van der Waals surface area contributed by atoms with Gasteiger partial charge in [0.25, 0.3) is 23.6 Å². The van der Waals surface area contributed by atoms with Crippen LogP contribution in [0.5, 0.6) is 0 Å². The summed E-state index contributed by atoms with van der Waals surface area (Å²) in [4.78, 5) is 66.2. The summed E-state index contributed by atoms with van der Waals surface area (Å²) in [6.07, 6.45) is 0.0619. The molecule has 29 heavy (non-hydrogen) atoms. The number of imide groups is 4. The molecule has 0 saturated carbocycles. The molecule has 0 N–H and O–H groups in total. The highest BCUT2D eigenvalue weighted by molar-refractivity contribution is 6.35. The van der Waals surface area contributed by atoms with E-state index in [2.05, 4.69) is 0 Å². The Bertz CT molecular complexity index is 1070. The summed E-state index contributed by atoms with van der Waals surface area (Å²) in [6, 6.07) is 5.57. The summed E-state index contributed by atoms with van der Waals surface area (Å²) < 4.78 is 0. The average Bonchev–Trinajstić information content (AvgIpc) is 2.63. The van der Waals surface area contributed by atoms with Crippen molar-refractivity contribution in [2.24, 2.45) is 5.92 Å². The molecular weight excluding hydrogens is 372 g/mol. The van der Waals surface area contributed by atoms with E-state index in [1.807, 2.05) is 13.8 Å². The third-order valence-corrected chi connectivity index (χ3v) is 5.27. The molecule has 0 aliphatic carbocycles. The van der Waals surface area contributed by atoms with Gasteiger partial charge in [0.2, 0.25) is 5.91 Å². The van der Waals surface area contributed by atoms with Crippen LogP contribution in [0.1, 0.15) is 75.5 Å². The lowest BCUT2D eigenvalue weighted by Gasteiger charge is -2.33. The largest absolute Gasteiger partial charge is 0.274 e. The van der Waals surface area contributed by atoms with Gasteiger partial charge in [-0.3, -0.25) is 28.9 Å². The van der Waals surface area contributed by atoms with E-state index in [1.165, 1.54) is 29.2 Å². The predicted octanol–water partition coefficient (Wildman–Crippen LogP) is 3.01. The van der Waals surface area contributed by atoms with Crippen LogP contribution in [0.3, 0.4) is 0 Å². The highest BCUT2D eigenvalue weighted by Crippen LogP contribution is 2.38. The Morgan fingerprint density at radius 2 is 1.10 bits per heavy atom. The fraction of sp³-hybridized carbons (Fsp3) is 0.318. The molecule has 7 nitrogen and oxygen atoms in total. The third-order valence-electron chi connectivity index (χ3n) is 5.27. The van der Waals surface area contributed by atoms with Crippen LogP contribution in [0, 0.1) is 5.92 Å². The third kappa shape index (κ3) is 2.53. The highest BCUT2D eigenvalue weighted by atomic mass is 16.2. The maximum atomic E-state index is 13.0. The fourth-order valence-corrected chi connectivity index (χ4v) is 4.03. The molecule has 0 atom stereocenters. The second-order valence-corrected chi connectivity index (χ2v) is 8.08. The van der Waals surface area contributed by atoms with Crippen LogP contribution in [-0.4, -0.2) is 45.4 Å². The zero-order valence-electron chi connectivity index (χ0n) is 16.6. The van der Waals surface area contributed by atoms with Gasteiger partial charge < -0.3 is 0 Å². The number of hydrogen-bond donors (Lipinski definition) is 0. The standard InChI is InChI=1S/C22H20N2O5/c1-10(2)9-16(25)24-21(28)14-7-5-12-17-13(6-8-15(18(14)17)22(24)29)20(27)23(11(3)4)19(12)26/h5-8,10-11H,9H2,1-4H3. The number of amides is 5. The number of carbonyl (C=O) groups is 5. The summed E-state index contributed by atoms with van der Waals surface area (Å²) in [7, 11) is 0. The van der Waals surface area contributed by atoms with E-state index in [1.54, 1.807) is 13.8 Å². The minimum atomic E-state index is -0.719. The van der Waals surface area contributed by atoms with E-state index in [9.17, 15) is 24.0 Å². The molecule has 5 amide bonds. The lowest BCUT2D eigenvalue weighted by atomic mass is 9.85. The molecule has 2 aliphatic rings. The van der Waals surface area contributed by atoms with Crippen molar-refractivity contribution < 1.29 is 24.0 Å². The molecule has 4 rings (SSSR count). The molecular formula is C22H20N2O5. The smallest absolute Gasteiger partial charge is 0.268 e. The van der Waals surface area contributed by atoms with Gasteiger partial charge in [0.05, 0.1) is 0 Å². The maximum absolute atomic E-state index is 13.0. The summed E-state index contributed by atoms with van der Waals surface area (Å²) in [5, 5.41) is 0.582. The summed E-state index contributed by atoms with van der Waals surface area (Å²) in [5.74, 6) is -2.94. The molecule has 0 radical (unpaired) electrons. The lowest BCUT2D eigenvalue weighted by molar-refractivity contribution is -0.127. The van der Waals surface area contributed by atoms with Crippen molar-refractivity contribution >= 4 is 40.3 Å². The molecule has 2 aromatic carbocycles. The number of hydrogen-bond acceptors (Lipinski definition) is 5. The lowest BCUT2D eigenvalue weighted by Crippen LogP contribution is -2.47. The quantitative estimate of drug-likeness (QED) is 0.749. The topological polar surface area (TPSA) is 91.8 Å². The van der Waals surface area contributed by atoms with Gasteiger partial charge in [-0.25, -0.2) is 4.90 Å². The molecule has 0 aromatic heterocycles. The van der Waals surface area contributed by atoms with Gasteiger partial charge in [-0.1, -0.05) is 13.8 Å². The summed E-state index contributed by atoms with van der Waals surface area (Å²) in [6.45, 7) is 7.14. The number of benzene rings is 2. The Morgan fingerprint density at radius 3 is 1.45 bits per heavy atom. The number of rotatable bonds is 3. The van der Waals surface area contributed by atoms with E-state index in [-0.39, 0.29) is 46.0 Å². The first-order valence-electron chi connectivity index (χ1n) is 9.54. The Morgan fingerprint density at radius 1 is 0.724 bits per heavy atom. The number of carbonyl (C=O) groups excluding carboxylic acids is 5. The van der Waals surface area contributed by atoms with Gasteiger partial charge in [-0.05, 0) is 44.0 Å². The van der Waals surface area contributed by atoms with Crippen molar-refractivity contribution in [3.8, 4) is 0 Å². The van der Waals surface area contributed by atoms with E-state index in [0.717, 1.165) is 0 Å². The van der Waals surface area contributed by atoms with Gasteiger partial charge in [0.1, 0.15) is 0 Å². The van der Waals surface area contributed by atoms with Crippen LogP contribution < -0.4 is 0 Å². The van der Waals surface area contributed by atoms with Gasteiger partial charge in [-0.15, -0.1) is 0 Å². The SMILES string of the molecule is CC(C)CC(=O)N1C(=O)c2ccc3c4c(ccc(c24)C1=O)C(=O)N(C(C)C)C3=O. The summed E-state index contributed by atoms with van der Waals surface area (Å²) in [5.41, 5.74) is 0.847. The Kier molecular flexibility index (Phi) is 4.15. The van der Waals surface area contributed by atoms with Gasteiger partial charge >= 0.3 is 0 Å². The second kappa shape index (κ2) is 6.34.